The molecule has 0 N–H and O–H groups in total. The summed E-state index contributed by atoms with van der Waals surface area (Å²) in [6, 6.07) is 66.0. The fourth-order valence-electron chi connectivity index (χ4n) is 7.81. The van der Waals surface area contributed by atoms with Gasteiger partial charge in [-0.25, -0.2) is 0 Å². The zero-order valence-electron chi connectivity index (χ0n) is 26.2. The van der Waals surface area contributed by atoms with E-state index in [-0.39, 0.29) is 0 Å². The van der Waals surface area contributed by atoms with Gasteiger partial charge in [-0.3, -0.25) is 0 Å². The van der Waals surface area contributed by atoms with Gasteiger partial charge in [0.05, 0.1) is 11.0 Å². The molecular weight excluding hydrogens is 581 g/mol. The lowest BCUT2D eigenvalue weighted by Gasteiger charge is -2.25. The lowest BCUT2D eigenvalue weighted by molar-refractivity contribution is 1.19. The summed E-state index contributed by atoms with van der Waals surface area (Å²) in [7, 11) is 0. The number of aromatic nitrogens is 1. The molecule has 0 fully saturated rings. The molecule has 0 amide bonds. The fraction of sp³-hybridized carbons (Fsp3) is 0. The fourth-order valence-corrected chi connectivity index (χ4v) is 7.81. The molecule has 0 saturated heterocycles. The third-order valence-electron chi connectivity index (χ3n) is 9.89. The second-order valence-corrected chi connectivity index (χ2v) is 12.5. The van der Waals surface area contributed by atoms with Crippen LogP contribution in [0.25, 0.3) is 70.9 Å². The summed E-state index contributed by atoms with van der Waals surface area (Å²) >= 11 is 0. The van der Waals surface area contributed by atoms with Gasteiger partial charge in [0.1, 0.15) is 0 Å². The van der Waals surface area contributed by atoms with Crippen LogP contribution >= 0.6 is 0 Å². The molecule has 10 rings (SSSR count). The van der Waals surface area contributed by atoms with E-state index in [2.05, 4.69) is 191 Å². The molecule has 48 heavy (non-hydrogen) atoms. The van der Waals surface area contributed by atoms with E-state index in [1.165, 1.54) is 70.9 Å². The summed E-state index contributed by atoms with van der Waals surface area (Å²) in [6.45, 7) is 0. The van der Waals surface area contributed by atoms with Crippen LogP contribution in [0.15, 0.2) is 182 Å². The largest absolute Gasteiger partial charge is 0.311 e. The van der Waals surface area contributed by atoms with Crippen molar-refractivity contribution < 1.29 is 0 Å². The molecule has 0 bridgehead atoms. The van der Waals surface area contributed by atoms with Crippen LogP contribution in [-0.2, 0) is 0 Å². The minimum absolute atomic E-state index is 1.13. The van der Waals surface area contributed by atoms with Crippen LogP contribution in [0.1, 0.15) is 0 Å². The van der Waals surface area contributed by atoms with Crippen molar-refractivity contribution >= 4 is 71.2 Å². The molecule has 0 aliphatic carbocycles. The predicted molar refractivity (Wildman–Crippen MR) is 205 cm³/mol. The number of hydrogen-bond donors (Lipinski definition) is 0. The van der Waals surface area contributed by atoms with Gasteiger partial charge in [-0.1, -0.05) is 121 Å². The maximum Gasteiger partial charge on any atom is 0.0620 e. The second-order valence-electron chi connectivity index (χ2n) is 12.5. The van der Waals surface area contributed by atoms with Gasteiger partial charge in [-0.2, -0.15) is 0 Å². The maximum absolute atomic E-state index is 2.45. The third-order valence-corrected chi connectivity index (χ3v) is 9.89. The summed E-state index contributed by atoms with van der Waals surface area (Å²) in [4.78, 5) is 2.31. The van der Waals surface area contributed by atoms with E-state index in [1.807, 2.05) is 0 Å². The summed E-state index contributed by atoms with van der Waals surface area (Å²) in [5.74, 6) is 0. The number of benzene rings is 9. The van der Waals surface area contributed by atoms with Crippen molar-refractivity contribution in [2.75, 3.05) is 4.90 Å². The standard InChI is InChI=1S/C46H30N2/c1-4-12-34(13-5-1)47(35-14-6-2-7-15-35)37-25-20-31(21-26-37)38-27-22-32-23-29-41-45-33(24-28-40(38)44(32)45)30-42-39-18-10-11-19-43(39)48(46(41)42)36-16-8-3-9-17-36/h1-30H. The number of nitrogens with zero attached hydrogens (tertiary/aromatic N) is 2. The Morgan fingerprint density at radius 2 is 0.938 bits per heavy atom. The Kier molecular flexibility index (Phi) is 5.91. The molecule has 10 aromatic rings. The average Bonchev–Trinajstić information content (AvgIpc) is 3.49. The van der Waals surface area contributed by atoms with Gasteiger partial charge in [0.15, 0.2) is 0 Å². The van der Waals surface area contributed by atoms with Gasteiger partial charge in [0, 0.05) is 38.9 Å². The number of rotatable bonds is 5. The van der Waals surface area contributed by atoms with E-state index < -0.39 is 0 Å². The van der Waals surface area contributed by atoms with Crippen LogP contribution < -0.4 is 4.90 Å². The van der Waals surface area contributed by atoms with Crippen molar-refractivity contribution in [2.45, 2.75) is 0 Å². The monoisotopic (exact) mass is 610 g/mol. The summed E-state index contributed by atoms with van der Waals surface area (Å²) in [5.41, 5.74) is 9.54. The van der Waals surface area contributed by atoms with E-state index in [1.54, 1.807) is 0 Å². The van der Waals surface area contributed by atoms with E-state index in [0.717, 1.165) is 17.1 Å². The highest BCUT2D eigenvalue weighted by molar-refractivity contribution is 6.32. The van der Waals surface area contributed by atoms with Gasteiger partial charge >= 0.3 is 0 Å². The zero-order chi connectivity index (χ0) is 31.6. The Hall–Kier alpha value is -6.38. The van der Waals surface area contributed by atoms with Crippen LogP contribution in [0, 0.1) is 0 Å². The van der Waals surface area contributed by atoms with Crippen LogP contribution in [0.2, 0.25) is 0 Å². The lowest BCUT2D eigenvalue weighted by atomic mass is 9.89. The smallest absolute Gasteiger partial charge is 0.0620 e. The van der Waals surface area contributed by atoms with Crippen molar-refractivity contribution in [2.24, 2.45) is 0 Å². The number of fused-ring (bicyclic) bond motifs is 4. The Morgan fingerprint density at radius 1 is 0.375 bits per heavy atom. The van der Waals surface area contributed by atoms with E-state index in [4.69, 9.17) is 0 Å². The Labute approximate surface area is 278 Å². The molecule has 9 aromatic carbocycles. The molecule has 0 saturated carbocycles. The molecule has 1 aromatic heterocycles. The van der Waals surface area contributed by atoms with E-state index >= 15 is 0 Å². The Balaban J connectivity index is 1.18. The highest BCUT2D eigenvalue weighted by Gasteiger charge is 2.20. The molecule has 2 nitrogen and oxygen atoms in total. The van der Waals surface area contributed by atoms with Crippen LogP contribution in [0.4, 0.5) is 17.1 Å². The van der Waals surface area contributed by atoms with Crippen molar-refractivity contribution in [1.82, 2.24) is 4.57 Å². The molecule has 0 radical (unpaired) electrons. The minimum atomic E-state index is 1.13. The van der Waals surface area contributed by atoms with Crippen molar-refractivity contribution in [1.29, 1.82) is 0 Å². The molecule has 0 aliphatic heterocycles. The minimum Gasteiger partial charge on any atom is -0.311 e. The van der Waals surface area contributed by atoms with Crippen molar-refractivity contribution in [3.63, 3.8) is 0 Å². The first-order chi connectivity index (χ1) is 23.8. The van der Waals surface area contributed by atoms with Crippen LogP contribution in [0.5, 0.6) is 0 Å². The zero-order valence-corrected chi connectivity index (χ0v) is 26.2. The Morgan fingerprint density at radius 3 is 1.67 bits per heavy atom. The highest BCUT2D eigenvalue weighted by atomic mass is 15.1. The molecule has 1 heterocycles. The molecule has 0 atom stereocenters. The van der Waals surface area contributed by atoms with Crippen LogP contribution in [0.3, 0.4) is 0 Å². The SMILES string of the molecule is c1ccc(N(c2ccccc2)c2ccc(-c3ccc4ccc5c6c(ccc3c46)cc3c4ccccc4n(-c4ccccc4)c35)cc2)cc1. The maximum atomic E-state index is 2.45. The molecule has 0 unspecified atom stereocenters. The number of para-hydroxylation sites is 4. The summed E-state index contributed by atoms with van der Waals surface area (Å²) in [6.07, 6.45) is 0. The molecule has 0 aliphatic rings. The van der Waals surface area contributed by atoms with E-state index in [9.17, 15) is 0 Å². The summed E-state index contributed by atoms with van der Waals surface area (Å²) < 4.78 is 2.45. The van der Waals surface area contributed by atoms with Gasteiger partial charge in [-0.15, -0.1) is 0 Å². The first-order valence-corrected chi connectivity index (χ1v) is 16.5. The number of anilines is 3. The van der Waals surface area contributed by atoms with Gasteiger partial charge in [0.2, 0.25) is 0 Å². The normalized spacial score (nSPS) is 11.8. The molecule has 2 heteroatoms. The molecule has 224 valence electrons. The molecular formula is C46H30N2. The van der Waals surface area contributed by atoms with Gasteiger partial charge in [-0.05, 0) is 98.7 Å². The summed E-state index contributed by atoms with van der Waals surface area (Å²) in [5, 5.41) is 10.3. The van der Waals surface area contributed by atoms with Gasteiger partial charge in [0.25, 0.3) is 0 Å². The topological polar surface area (TPSA) is 8.17 Å². The highest BCUT2D eigenvalue weighted by Crippen LogP contribution is 2.45. The first kappa shape index (κ1) is 26.8. The van der Waals surface area contributed by atoms with Gasteiger partial charge < -0.3 is 9.47 Å². The molecule has 0 spiro atoms. The second kappa shape index (κ2) is 10.6. The first-order valence-electron chi connectivity index (χ1n) is 16.5. The quantitative estimate of drug-likeness (QED) is 0.176. The van der Waals surface area contributed by atoms with E-state index in [0.29, 0.717) is 0 Å². The van der Waals surface area contributed by atoms with Crippen molar-refractivity contribution in [3.8, 4) is 16.8 Å². The predicted octanol–water partition coefficient (Wildman–Crippen LogP) is 12.8. The Bertz CT molecular complexity index is 2700. The third kappa shape index (κ3) is 4.00. The van der Waals surface area contributed by atoms with Crippen LogP contribution in [-0.4, -0.2) is 4.57 Å². The van der Waals surface area contributed by atoms with Crippen molar-refractivity contribution in [3.05, 3.63) is 182 Å². The lowest BCUT2D eigenvalue weighted by Crippen LogP contribution is -2.09. The number of hydrogen-bond acceptors (Lipinski definition) is 1. The average molecular weight is 611 g/mol.